The van der Waals surface area contributed by atoms with Crippen LogP contribution >= 0.6 is 23.5 Å². The molecule has 0 atom stereocenters. The molecule has 0 radical (unpaired) electrons. The first kappa shape index (κ1) is 14.5. The van der Waals surface area contributed by atoms with Crippen LogP contribution in [0.5, 0.6) is 0 Å². The molecule has 1 aromatic carbocycles. The lowest BCUT2D eigenvalue weighted by molar-refractivity contribution is 0.800. The minimum absolute atomic E-state index is 0.223. The lowest BCUT2D eigenvalue weighted by Crippen LogP contribution is -2.07. The summed E-state index contributed by atoms with van der Waals surface area (Å²) in [6.07, 6.45) is 0. The zero-order valence-corrected chi connectivity index (χ0v) is 13.4. The molecular formula is C16H19NS2. The Morgan fingerprint density at radius 2 is 1.63 bits per heavy atom. The third-order valence-electron chi connectivity index (χ3n) is 2.39. The van der Waals surface area contributed by atoms with Gasteiger partial charge in [-0.15, -0.1) is 11.8 Å². The quantitative estimate of drug-likeness (QED) is 0.699. The number of aryl methyl sites for hydroxylation is 1. The van der Waals surface area contributed by atoms with Gasteiger partial charge in [0.1, 0.15) is 5.03 Å². The van der Waals surface area contributed by atoms with Crippen LogP contribution in [-0.2, 0) is 0 Å². The molecule has 0 amide bonds. The van der Waals surface area contributed by atoms with Gasteiger partial charge in [0, 0.05) is 14.5 Å². The molecule has 1 nitrogen and oxygen atoms in total. The maximum absolute atomic E-state index is 4.69. The summed E-state index contributed by atoms with van der Waals surface area (Å²) in [4.78, 5) is 7.19. The molecule has 0 fully saturated rings. The Labute approximate surface area is 124 Å². The highest BCUT2D eigenvalue weighted by Crippen LogP contribution is 2.35. The predicted octanol–water partition coefficient (Wildman–Crippen LogP) is 5.43. The Bertz CT molecular complexity index is 544. The van der Waals surface area contributed by atoms with Gasteiger partial charge in [-0.25, -0.2) is 4.98 Å². The number of benzene rings is 1. The van der Waals surface area contributed by atoms with Crippen molar-refractivity contribution in [3.8, 4) is 0 Å². The molecule has 0 aliphatic carbocycles. The highest BCUT2D eigenvalue weighted by molar-refractivity contribution is 8.00. The Morgan fingerprint density at radius 3 is 2.21 bits per heavy atom. The molecule has 0 spiro atoms. The van der Waals surface area contributed by atoms with Crippen LogP contribution in [0.25, 0.3) is 0 Å². The van der Waals surface area contributed by atoms with Crippen molar-refractivity contribution in [1.29, 1.82) is 0 Å². The zero-order chi connectivity index (χ0) is 13.9. The van der Waals surface area contributed by atoms with Crippen molar-refractivity contribution in [2.24, 2.45) is 0 Å². The summed E-state index contributed by atoms with van der Waals surface area (Å²) in [5, 5.41) is 1.06. The molecule has 0 bridgehead atoms. The molecule has 2 aromatic rings. The van der Waals surface area contributed by atoms with Crippen LogP contribution in [0.3, 0.4) is 0 Å². The molecule has 3 heteroatoms. The van der Waals surface area contributed by atoms with Gasteiger partial charge in [0.25, 0.3) is 0 Å². The number of thioether (sulfide) groups is 1. The summed E-state index contributed by atoms with van der Waals surface area (Å²) in [5.41, 5.74) is 1.11. The number of rotatable bonds is 3. The van der Waals surface area contributed by atoms with E-state index in [1.807, 2.05) is 17.8 Å². The fraction of sp³-hybridized carbons (Fsp3) is 0.312. The second kappa shape index (κ2) is 6.02. The zero-order valence-electron chi connectivity index (χ0n) is 11.8. The normalized spacial score (nSPS) is 11.6. The van der Waals surface area contributed by atoms with E-state index in [9.17, 15) is 0 Å². The monoisotopic (exact) mass is 289 g/mol. The van der Waals surface area contributed by atoms with Crippen LogP contribution in [-0.4, -0.2) is 9.73 Å². The second-order valence-corrected chi connectivity index (χ2v) is 8.33. The molecule has 2 rings (SSSR count). The predicted molar refractivity (Wildman–Crippen MR) is 85.1 cm³/mol. The fourth-order valence-electron chi connectivity index (χ4n) is 1.63. The number of hydrogen-bond acceptors (Lipinski definition) is 3. The first-order chi connectivity index (χ1) is 8.94. The molecular weight excluding hydrogens is 270 g/mol. The maximum atomic E-state index is 4.69. The summed E-state index contributed by atoms with van der Waals surface area (Å²) < 4.78 is 0.223. The summed E-state index contributed by atoms with van der Waals surface area (Å²) in [6.45, 7) is 8.76. The van der Waals surface area contributed by atoms with E-state index < -0.39 is 0 Å². The summed E-state index contributed by atoms with van der Waals surface area (Å²) >= 11 is 3.58. The lowest BCUT2D eigenvalue weighted by atomic mass is 10.3. The lowest BCUT2D eigenvalue weighted by Gasteiger charge is -2.18. The van der Waals surface area contributed by atoms with Crippen LogP contribution in [0.2, 0.25) is 0 Å². The van der Waals surface area contributed by atoms with Crippen molar-refractivity contribution in [2.45, 2.75) is 47.3 Å². The van der Waals surface area contributed by atoms with Crippen LogP contribution in [0.1, 0.15) is 26.5 Å². The molecule has 19 heavy (non-hydrogen) atoms. The number of nitrogens with zero attached hydrogens (tertiary/aromatic N) is 1. The van der Waals surface area contributed by atoms with E-state index in [1.165, 1.54) is 9.79 Å². The van der Waals surface area contributed by atoms with Gasteiger partial charge in [0.05, 0.1) is 5.69 Å². The van der Waals surface area contributed by atoms with Crippen molar-refractivity contribution in [2.75, 3.05) is 0 Å². The average Bonchev–Trinajstić information content (AvgIpc) is 2.33. The molecule has 0 saturated heterocycles. The molecule has 100 valence electrons. The molecule has 1 aromatic heterocycles. The van der Waals surface area contributed by atoms with Crippen molar-refractivity contribution >= 4 is 23.5 Å². The van der Waals surface area contributed by atoms with Crippen LogP contribution in [0, 0.1) is 6.92 Å². The van der Waals surface area contributed by atoms with E-state index in [1.54, 1.807) is 11.8 Å². The van der Waals surface area contributed by atoms with Gasteiger partial charge >= 0.3 is 0 Å². The van der Waals surface area contributed by atoms with E-state index >= 15 is 0 Å². The molecule has 0 aliphatic rings. The maximum Gasteiger partial charge on any atom is 0.101 e. The first-order valence-corrected chi connectivity index (χ1v) is 7.97. The van der Waals surface area contributed by atoms with Crippen LogP contribution in [0.15, 0.2) is 57.3 Å². The fourth-order valence-corrected chi connectivity index (χ4v) is 3.47. The second-order valence-electron chi connectivity index (χ2n) is 5.36. The summed E-state index contributed by atoms with van der Waals surface area (Å²) in [6, 6.07) is 14.7. The van der Waals surface area contributed by atoms with Crippen molar-refractivity contribution in [3.63, 3.8) is 0 Å². The van der Waals surface area contributed by atoms with Gasteiger partial charge in [0.2, 0.25) is 0 Å². The van der Waals surface area contributed by atoms with E-state index in [2.05, 4.69) is 64.1 Å². The van der Waals surface area contributed by atoms with Crippen molar-refractivity contribution in [1.82, 2.24) is 4.98 Å². The van der Waals surface area contributed by atoms with Crippen LogP contribution < -0.4 is 0 Å². The molecule has 0 unspecified atom stereocenters. The van der Waals surface area contributed by atoms with Gasteiger partial charge in [-0.2, -0.15) is 0 Å². The number of aromatic nitrogens is 1. The Balaban J connectivity index is 2.15. The average molecular weight is 289 g/mol. The Hall–Kier alpha value is -0.930. The van der Waals surface area contributed by atoms with Gasteiger partial charge in [-0.1, -0.05) is 50.7 Å². The van der Waals surface area contributed by atoms with Crippen LogP contribution in [0.4, 0.5) is 0 Å². The highest BCUT2D eigenvalue weighted by atomic mass is 32.2. The minimum atomic E-state index is 0.223. The van der Waals surface area contributed by atoms with E-state index in [-0.39, 0.29) is 4.75 Å². The molecule has 0 saturated carbocycles. The van der Waals surface area contributed by atoms with Gasteiger partial charge in [-0.3, -0.25) is 0 Å². The van der Waals surface area contributed by atoms with Gasteiger partial charge in [-0.05, 0) is 31.2 Å². The molecule has 0 aliphatic heterocycles. The smallest absolute Gasteiger partial charge is 0.101 e. The third-order valence-corrected chi connectivity index (χ3v) is 4.60. The Morgan fingerprint density at radius 1 is 0.947 bits per heavy atom. The van der Waals surface area contributed by atoms with Crippen molar-refractivity contribution < 1.29 is 0 Å². The van der Waals surface area contributed by atoms with E-state index in [4.69, 9.17) is 4.98 Å². The topological polar surface area (TPSA) is 12.9 Å². The van der Waals surface area contributed by atoms with Crippen molar-refractivity contribution in [3.05, 3.63) is 48.2 Å². The summed E-state index contributed by atoms with van der Waals surface area (Å²) in [5.74, 6) is 0. The summed E-state index contributed by atoms with van der Waals surface area (Å²) in [7, 11) is 0. The van der Waals surface area contributed by atoms with Gasteiger partial charge in [0.15, 0.2) is 0 Å². The standard InChI is InChI=1S/C16H19NS2/c1-12-14(19-16(2,3)4)10-11-15(17-12)18-13-8-6-5-7-9-13/h5-11H,1-4H3. The van der Waals surface area contributed by atoms with Gasteiger partial charge < -0.3 is 0 Å². The largest absolute Gasteiger partial charge is 0.245 e. The third kappa shape index (κ3) is 4.59. The Kier molecular flexibility index (Phi) is 4.58. The van der Waals surface area contributed by atoms with E-state index in [0.717, 1.165) is 10.7 Å². The number of hydrogen-bond donors (Lipinski definition) is 0. The highest BCUT2D eigenvalue weighted by Gasteiger charge is 2.14. The van der Waals surface area contributed by atoms with E-state index in [0.29, 0.717) is 0 Å². The SMILES string of the molecule is Cc1nc(Sc2ccccc2)ccc1SC(C)(C)C. The number of pyridine rings is 1. The molecule has 0 N–H and O–H groups in total. The first-order valence-electron chi connectivity index (χ1n) is 6.34. The minimum Gasteiger partial charge on any atom is -0.245 e. The molecule has 1 heterocycles.